The van der Waals surface area contributed by atoms with Gasteiger partial charge in [0, 0.05) is 17.6 Å². The Morgan fingerprint density at radius 3 is 2.74 bits per heavy atom. The molecule has 118 valence electrons. The van der Waals surface area contributed by atoms with E-state index in [2.05, 4.69) is 10.3 Å². The average molecular weight is 311 g/mol. The third-order valence-corrected chi connectivity index (χ3v) is 4.00. The molecule has 2 heterocycles. The first kappa shape index (κ1) is 15.1. The summed E-state index contributed by atoms with van der Waals surface area (Å²) in [5, 5.41) is 2.99. The van der Waals surface area contributed by atoms with E-state index < -0.39 is 11.9 Å². The molecule has 1 aromatic carbocycles. The Bertz CT molecular complexity index is 816. The third kappa shape index (κ3) is 2.67. The zero-order valence-corrected chi connectivity index (χ0v) is 13.0. The van der Waals surface area contributed by atoms with Crippen LogP contribution >= 0.6 is 0 Å². The molecule has 6 nitrogen and oxygen atoms in total. The van der Waals surface area contributed by atoms with Crippen LogP contribution in [0, 0.1) is 6.92 Å². The van der Waals surface area contributed by atoms with Crippen LogP contribution in [0.15, 0.2) is 30.3 Å². The molecule has 3 amide bonds. The van der Waals surface area contributed by atoms with Crippen LogP contribution in [0.3, 0.4) is 0 Å². The minimum absolute atomic E-state index is 0.0143. The number of nitrogens with zero attached hydrogens (tertiary/aromatic N) is 2. The summed E-state index contributed by atoms with van der Waals surface area (Å²) in [6.07, 6.45) is 0.0143. The van der Waals surface area contributed by atoms with E-state index in [1.165, 1.54) is 4.90 Å². The van der Waals surface area contributed by atoms with Crippen LogP contribution in [0.4, 0.5) is 0 Å². The van der Waals surface area contributed by atoms with Crippen molar-refractivity contribution in [2.45, 2.75) is 26.3 Å². The maximum atomic E-state index is 13.0. The topological polar surface area (TPSA) is 79.4 Å². The Morgan fingerprint density at radius 2 is 2.09 bits per heavy atom. The Labute approximate surface area is 133 Å². The van der Waals surface area contributed by atoms with Gasteiger partial charge < -0.3 is 4.90 Å². The lowest BCUT2D eigenvalue weighted by Crippen LogP contribution is -2.44. The summed E-state index contributed by atoms with van der Waals surface area (Å²) < 4.78 is 0. The zero-order chi connectivity index (χ0) is 16.6. The number of likely N-dealkylation sites (N-methyl/N-ethyl adjacent to an activating group) is 1. The van der Waals surface area contributed by atoms with Crippen molar-refractivity contribution in [1.29, 1.82) is 0 Å². The second-order valence-electron chi connectivity index (χ2n) is 5.55. The fourth-order valence-corrected chi connectivity index (χ4v) is 2.94. The van der Waals surface area contributed by atoms with Crippen LogP contribution < -0.4 is 5.32 Å². The number of aromatic nitrogens is 1. The van der Waals surface area contributed by atoms with Crippen LogP contribution in [0.1, 0.15) is 29.4 Å². The molecule has 1 N–H and O–H groups in total. The smallest absolute Gasteiger partial charge is 0.255 e. The number of fused-ring (bicyclic) bond motifs is 1. The number of benzene rings is 1. The van der Waals surface area contributed by atoms with Crippen LogP contribution in [-0.4, -0.2) is 40.2 Å². The Balaban J connectivity index is 2.05. The van der Waals surface area contributed by atoms with Crippen LogP contribution in [-0.2, 0) is 9.59 Å². The second-order valence-corrected chi connectivity index (χ2v) is 5.55. The maximum Gasteiger partial charge on any atom is 0.255 e. The van der Waals surface area contributed by atoms with Gasteiger partial charge >= 0.3 is 0 Å². The molecule has 2 aromatic rings. The molecular weight excluding hydrogens is 294 g/mol. The van der Waals surface area contributed by atoms with E-state index in [9.17, 15) is 14.4 Å². The van der Waals surface area contributed by atoms with Gasteiger partial charge in [-0.2, -0.15) is 0 Å². The summed E-state index contributed by atoms with van der Waals surface area (Å²) in [7, 11) is 0. The molecule has 6 heteroatoms. The third-order valence-electron chi connectivity index (χ3n) is 4.00. The molecule has 1 aromatic heterocycles. The second kappa shape index (κ2) is 5.79. The van der Waals surface area contributed by atoms with Gasteiger partial charge in [0.2, 0.25) is 11.8 Å². The summed E-state index contributed by atoms with van der Waals surface area (Å²) >= 11 is 0. The monoisotopic (exact) mass is 311 g/mol. The van der Waals surface area contributed by atoms with Crippen molar-refractivity contribution >= 4 is 28.6 Å². The molecule has 0 spiro atoms. The summed E-state index contributed by atoms with van der Waals surface area (Å²) in [4.78, 5) is 42.2. The van der Waals surface area contributed by atoms with Gasteiger partial charge in [0.25, 0.3) is 5.91 Å². The molecule has 0 bridgehead atoms. The normalized spacial score (nSPS) is 17.4. The van der Waals surface area contributed by atoms with Gasteiger partial charge in [0.1, 0.15) is 6.04 Å². The number of pyridine rings is 1. The van der Waals surface area contributed by atoms with E-state index in [0.717, 1.165) is 16.6 Å². The van der Waals surface area contributed by atoms with Gasteiger partial charge in [-0.3, -0.25) is 24.7 Å². The molecule has 23 heavy (non-hydrogen) atoms. The molecule has 0 unspecified atom stereocenters. The first-order chi connectivity index (χ1) is 11.0. The lowest BCUT2D eigenvalue weighted by molar-refractivity contribution is -0.126. The van der Waals surface area contributed by atoms with Crippen molar-refractivity contribution in [3.8, 4) is 0 Å². The van der Waals surface area contributed by atoms with Crippen molar-refractivity contribution in [3.05, 3.63) is 41.6 Å². The number of hydrogen-bond donors (Lipinski definition) is 1. The van der Waals surface area contributed by atoms with Gasteiger partial charge in [0.15, 0.2) is 0 Å². The van der Waals surface area contributed by atoms with E-state index in [1.54, 1.807) is 13.0 Å². The quantitative estimate of drug-likeness (QED) is 0.870. The van der Waals surface area contributed by atoms with Crippen molar-refractivity contribution in [2.75, 3.05) is 6.54 Å². The predicted octanol–water partition coefficient (Wildman–Crippen LogP) is 1.42. The van der Waals surface area contributed by atoms with Gasteiger partial charge in [-0.15, -0.1) is 0 Å². The summed E-state index contributed by atoms with van der Waals surface area (Å²) in [6.45, 7) is 3.97. The largest absolute Gasteiger partial charge is 0.326 e. The van der Waals surface area contributed by atoms with Crippen molar-refractivity contribution in [3.63, 3.8) is 0 Å². The van der Waals surface area contributed by atoms with Gasteiger partial charge in [-0.25, -0.2) is 0 Å². The van der Waals surface area contributed by atoms with Crippen LogP contribution in [0.5, 0.6) is 0 Å². The summed E-state index contributed by atoms with van der Waals surface area (Å²) in [6, 6.07) is 8.38. The first-order valence-electron chi connectivity index (χ1n) is 7.52. The van der Waals surface area contributed by atoms with Gasteiger partial charge in [-0.1, -0.05) is 18.2 Å². The molecule has 0 saturated carbocycles. The van der Waals surface area contributed by atoms with Crippen LogP contribution in [0.2, 0.25) is 0 Å². The fourth-order valence-electron chi connectivity index (χ4n) is 2.94. The number of rotatable bonds is 3. The van der Waals surface area contributed by atoms with Crippen molar-refractivity contribution in [1.82, 2.24) is 15.2 Å². The average Bonchev–Trinajstić information content (AvgIpc) is 2.85. The Hall–Kier alpha value is -2.76. The number of carbonyl (C=O) groups excluding carboxylic acids is 3. The maximum absolute atomic E-state index is 13.0. The number of aryl methyl sites for hydroxylation is 1. The number of imide groups is 1. The van der Waals surface area contributed by atoms with E-state index in [1.807, 2.05) is 31.2 Å². The summed E-state index contributed by atoms with van der Waals surface area (Å²) in [5.74, 6) is -1.02. The molecular formula is C17H17N3O3. The van der Waals surface area contributed by atoms with Crippen LogP contribution in [0.25, 0.3) is 10.9 Å². The number of para-hydroxylation sites is 1. The molecule has 3 rings (SSSR count). The lowest BCUT2D eigenvalue weighted by atomic mass is 10.0. The molecule has 1 atom stereocenters. The highest BCUT2D eigenvalue weighted by atomic mass is 16.2. The number of hydrogen-bond acceptors (Lipinski definition) is 4. The number of amides is 3. The number of nitrogens with one attached hydrogen (secondary N) is 1. The molecule has 1 aliphatic heterocycles. The van der Waals surface area contributed by atoms with Crippen molar-refractivity contribution < 1.29 is 14.4 Å². The van der Waals surface area contributed by atoms with Crippen molar-refractivity contribution in [2.24, 2.45) is 0 Å². The van der Waals surface area contributed by atoms with E-state index in [-0.39, 0.29) is 18.2 Å². The minimum atomic E-state index is -0.743. The molecule has 1 saturated heterocycles. The highest BCUT2D eigenvalue weighted by molar-refractivity contribution is 6.11. The standard InChI is InChI=1S/C17H17N3O3/c1-3-20(14-9-15(21)19-16(14)22)17(23)12-8-10(2)18-13-7-5-4-6-11(12)13/h4-8,14H,3,9H2,1-2H3,(H,19,21,22)/t14-/m1/s1. The SMILES string of the molecule is CCN(C(=O)c1cc(C)nc2ccccc12)[C@@H]1CC(=O)NC1=O. The highest BCUT2D eigenvalue weighted by Crippen LogP contribution is 2.22. The highest BCUT2D eigenvalue weighted by Gasteiger charge is 2.37. The lowest BCUT2D eigenvalue weighted by Gasteiger charge is -2.26. The summed E-state index contributed by atoms with van der Waals surface area (Å²) in [5.41, 5.74) is 1.97. The van der Waals surface area contributed by atoms with E-state index >= 15 is 0 Å². The molecule has 0 aliphatic carbocycles. The van der Waals surface area contributed by atoms with E-state index in [4.69, 9.17) is 0 Å². The minimum Gasteiger partial charge on any atom is -0.326 e. The first-order valence-corrected chi connectivity index (χ1v) is 7.52. The Morgan fingerprint density at radius 1 is 1.35 bits per heavy atom. The number of carbonyl (C=O) groups is 3. The fraction of sp³-hybridized carbons (Fsp3) is 0.294. The molecule has 1 aliphatic rings. The van der Waals surface area contributed by atoms with E-state index in [0.29, 0.717) is 12.1 Å². The zero-order valence-electron chi connectivity index (χ0n) is 13.0. The van der Waals surface area contributed by atoms with Gasteiger partial charge in [0.05, 0.1) is 17.5 Å². The van der Waals surface area contributed by atoms with Gasteiger partial charge in [-0.05, 0) is 26.0 Å². The molecule has 0 radical (unpaired) electrons. The predicted molar refractivity (Wildman–Crippen MR) is 84.7 cm³/mol. The Kier molecular flexibility index (Phi) is 3.82. The molecule has 1 fully saturated rings.